The predicted octanol–water partition coefficient (Wildman–Crippen LogP) is 5.33. The summed E-state index contributed by atoms with van der Waals surface area (Å²) >= 11 is 3.15. The lowest BCUT2D eigenvalue weighted by molar-refractivity contribution is -0.115. The number of aryl methyl sites for hydroxylation is 2. The first-order valence-electron chi connectivity index (χ1n) is 8.01. The zero-order chi connectivity index (χ0) is 17.8. The SMILES string of the molecule is CSc1ccc(CC(=O)Nc2nc(-c3ccc(C)c(C)c3)cs2)cc1. The van der Waals surface area contributed by atoms with Crippen molar-refractivity contribution in [2.75, 3.05) is 11.6 Å². The number of hydrogen-bond donors (Lipinski definition) is 1. The molecule has 0 radical (unpaired) electrons. The van der Waals surface area contributed by atoms with Crippen molar-refractivity contribution in [3.05, 3.63) is 64.5 Å². The predicted molar refractivity (Wildman–Crippen MR) is 108 cm³/mol. The molecule has 1 heterocycles. The second kappa shape index (κ2) is 7.85. The van der Waals surface area contributed by atoms with Gasteiger partial charge in [-0.2, -0.15) is 0 Å². The lowest BCUT2D eigenvalue weighted by Gasteiger charge is -2.04. The summed E-state index contributed by atoms with van der Waals surface area (Å²) in [5.74, 6) is -0.0436. The summed E-state index contributed by atoms with van der Waals surface area (Å²) in [4.78, 5) is 18.0. The normalized spacial score (nSPS) is 10.7. The topological polar surface area (TPSA) is 42.0 Å². The first-order valence-corrected chi connectivity index (χ1v) is 10.1. The molecule has 25 heavy (non-hydrogen) atoms. The Morgan fingerprint density at radius 1 is 1.12 bits per heavy atom. The van der Waals surface area contributed by atoms with Crippen molar-refractivity contribution in [1.82, 2.24) is 4.98 Å². The van der Waals surface area contributed by atoms with E-state index in [2.05, 4.69) is 42.3 Å². The molecule has 3 nitrogen and oxygen atoms in total. The van der Waals surface area contributed by atoms with Gasteiger partial charge < -0.3 is 5.32 Å². The van der Waals surface area contributed by atoms with Crippen molar-refractivity contribution >= 4 is 34.1 Å². The van der Waals surface area contributed by atoms with Crippen LogP contribution in [0.15, 0.2) is 52.7 Å². The van der Waals surface area contributed by atoms with E-state index in [4.69, 9.17) is 0 Å². The van der Waals surface area contributed by atoms with Crippen molar-refractivity contribution in [3.63, 3.8) is 0 Å². The molecule has 5 heteroatoms. The van der Waals surface area contributed by atoms with E-state index in [0.29, 0.717) is 11.6 Å². The second-order valence-electron chi connectivity index (χ2n) is 5.91. The van der Waals surface area contributed by atoms with E-state index in [1.807, 2.05) is 35.9 Å². The van der Waals surface area contributed by atoms with E-state index in [9.17, 15) is 4.79 Å². The van der Waals surface area contributed by atoms with E-state index in [-0.39, 0.29) is 5.91 Å². The molecular formula is C20H20N2OS2. The highest BCUT2D eigenvalue weighted by atomic mass is 32.2. The molecule has 128 valence electrons. The molecule has 0 unspecified atom stereocenters. The molecule has 0 aliphatic rings. The molecule has 1 N–H and O–H groups in total. The van der Waals surface area contributed by atoms with Gasteiger partial charge in [-0.1, -0.05) is 24.3 Å². The number of benzene rings is 2. The number of rotatable bonds is 5. The number of carbonyl (C=O) groups excluding carboxylic acids is 1. The largest absolute Gasteiger partial charge is 0.302 e. The molecule has 3 aromatic rings. The number of anilines is 1. The van der Waals surface area contributed by atoms with E-state index >= 15 is 0 Å². The summed E-state index contributed by atoms with van der Waals surface area (Å²) in [6.45, 7) is 4.19. The highest BCUT2D eigenvalue weighted by Gasteiger charge is 2.09. The highest BCUT2D eigenvalue weighted by Crippen LogP contribution is 2.26. The van der Waals surface area contributed by atoms with Crippen LogP contribution in [0.3, 0.4) is 0 Å². The van der Waals surface area contributed by atoms with Crippen LogP contribution in [0.5, 0.6) is 0 Å². The van der Waals surface area contributed by atoms with Gasteiger partial charge in [0.1, 0.15) is 0 Å². The Balaban J connectivity index is 1.65. The Morgan fingerprint density at radius 2 is 1.88 bits per heavy atom. The van der Waals surface area contributed by atoms with Crippen LogP contribution in [0.4, 0.5) is 5.13 Å². The summed E-state index contributed by atoms with van der Waals surface area (Å²) in [6.07, 6.45) is 2.39. The third-order valence-corrected chi connectivity index (χ3v) is 5.58. The molecule has 0 bridgehead atoms. The summed E-state index contributed by atoms with van der Waals surface area (Å²) < 4.78 is 0. The summed E-state index contributed by atoms with van der Waals surface area (Å²) in [5.41, 5.74) is 5.48. The number of carbonyl (C=O) groups is 1. The number of nitrogens with one attached hydrogen (secondary N) is 1. The van der Waals surface area contributed by atoms with Crippen molar-refractivity contribution in [3.8, 4) is 11.3 Å². The fourth-order valence-electron chi connectivity index (χ4n) is 2.46. The quantitative estimate of drug-likeness (QED) is 0.619. The number of hydrogen-bond acceptors (Lipinski definition) is 4. The van der Waals surface area contributed by atoms with Crippen LogP contribution in [0.25, 0.3) is 11.3 Å². The summed E-state index contributed by atoms with van der Waals surface area (Å²) in [7, 11) is 0. The molecular weight excluding hydrogens is 348 g/mol. The minimum Gasteiger partial charge on any atom is -0.302 e. The molecule has 0 saturated heterocycles. The van der Waals surface area contributed by atoms with Gasteiger partial charge in [0.05, 0.1) is 12.1 Å². The fourth-order valence-corrected chi connectivity index (χ4v) is 3.60. The zero-order valence-corrected chi connectivity index (χ0v) is 16.1. The fraction of sp³-hybridized carbons (Fsp3) is 0.200. The van der Waals surface area contributed by atoms with Crippen LogP contribution in [-0.4, -0.2) is 17.1 Å². The van der Waals surface area contributed by atoms with E-state index in [1.165, 1.54) is 27.4 Å². The molecule has 1 amide bonds. The Morgan fingerprint density at radius 3 is 2.56 bits per heavy atom. The maximum absolute atomic E-state index is 12.2. The van der Waals surface area contributed by atoms with Crippen LogP contribution in [0.1, 0.15) is 16.7 Å². The maximum atomic E-state index is 12.2. The molecule has 1 aromatic heterocycles. The van der Waals surface area contributed by atoms with Gasteiger partial charge >= 0.3 is 0 Å². The van der Waals surface area contributed by atoms with Crippen molar-refractivity contribution in [2.24, 2.45) is 0 Å². The molecule has 3 rings (SSSR count). The highest BCUT2D eigenvalue weighted by molar-refractivity contribution is 7.98. The molecule has 2 aromatic carbocycles. The van der Waals surface area contributed by atoms with E-state index in [1.54, 1.807) is 11.8 Å². The van der Waals surface area contributed by atoms with Gasteiger partial charge in [0.15, 0.2) is 5.13 Å². The van der Waals surface area contributed by atoms with Gasteiger partial charge in [0.25, 0.3) is 0 Å². The van der Waals surface area contributed by atoms with Crippen LogP contribution in [-0.2, 0) is 11.2 Å². The monoisotopic (exact) mass is 368 g/mol. The number of nitrogens with zero attached hydrogens (tertiary/aromatic N) is 1. The molecule has 0 aliphatic carbocycles. The number of thiazole rings is 1. The van der Waals surface area contributed by atoms with Gasteiger partial charge in [-0.05, 0) is 55.0 Å². The minimum atomic E-state index is -0.0436. The summed E-state index contributed by atoms with van der Waals surface area (Å²) in [6, 6.07) is 14.4. The van der Waals surface area contributed by atoms with Gasteiger partial charge in [0.2, 0.25) is 5.91 Å². The first kappa shape index (κ1) is 17.7. The third-order valence-electron chi connectivity index (χ3n) is 4.08. The van der Waals surface area contributed by atoms with Gasteiger partial charge in [-0.15, -0.1) is 23.1 Å². The van der Waals surface area contributed by atoms with E-state index in [0.717, 1.165) is 16.8 Å². The van der Waals surface area contributed by atoms with Crippen LogP contribution in [0, 0.1) is 13.8 Å². The van der Waals surface area contributed by atoms with Crippen LogP contribution < -0.4 is 5.32 Å². The Bertz CT molecular complexity index is 885. The Labute approximate surface area is 156 Å². The smallest absolute Gasteiger partial charge is 0.230 e. The van der Waals surface area contributed by atoms with Crippen molar-refractivity contribution < 1.29 is 4.79 Å². The summed E-state index contributed by atoms with van der Waals surface area (Å²) in [5, 5.41) is 5.52. The average Bonchev–Trinajstić information content (AvgIpc) is 3.06. The van der Waals surface area contributed by atoms with Gasteiger partial charge in [-0.25, -0.2) is 4.98 Å². The third kappa shape index (κ3) is 4.50. The Kier molecular flexibility index (Phi) is 5.56. The standard InChI is InChI=1S/C20H20N2OS2/c1-13-4-7-16(10-14(13)2)18-12-25-20(21-18)22-19(23)11-15-5-8-17(24-3)9-6-15/h4-10,12H,11H2,1-3H3,(H,21,22,23). The van der Waals surface area contributed by atoms with Gasteiger partial charge in [0, 0.05) is 15.8 Å². The second-order valence-corrected chi connectivity index (χ2v) is 7.65. The number of amides is 1. The minimum absolute atomic E-state index is 0.0436. The molecule has 0 saturated carbocycles. The molecule has 0 aliphatic heterocycles. The zero-order valence-electron chi connectivity index (χ0n) is 14.5. The lowest BCUT2D eigenvalue weighted by Crippen LogP contribution is -2.14. The first-order chi connectivity index (χ1) is 12.0. The van der Waals surface area contributed by atoms with Gasteiger partial charge in [-0.3, -0.25) is 4.79 Å². The Hall–Kier alpha value is -2.11. The lowest BCUT2D eigenvalue weighted by atomic mass is 10.1. The average molecular weight is 369 g/mol. The number of aromatic nitrogens is 1. The van der Waals surface area contributed by atoms with Crippen molar-refractivity contribution in [2.45, 2.75) is 25.2 Å². The molecule has 0 spiro atoms. The van der Waals surface area contributed by atoms with Crippen LogP contribution in [0.2, 0.25) is 0 Å². The van der Waals surface area contributed by atoms with Crippen LogP contribution >= 0.6 is 23.1 Å². The van der Waals surface area contributed by atoms with Crippen molar-refractivity contribution in [1.29, 1.82) is 0 Å². The molecule has 0 atom stereocenters. The van der Waals surface area contributed by atoms with E-state index < -0.39 is 0 Å². The maximum Gasteiger partial charge on any atom is 0.230 e. The molecule has 0 fully saturated rings. The number of thioether (sulfide) groups is 1.